The second-order valence-electron chi connectivity index (χ2n) is 3.45. The Morgan fingerprint density at radius 3 is 2.88 bits per heavy atom. The zero-order valence-electron chi connectivity index (χ0n) is 9.39. The van der Waals surface area contributed by atoms with Crippen molar-refractivity contribution in [2.45, 2.75) is 13.3 Å². The molecule has 0 unspecified atom stereocenters. The Morgan fingerprint density at radius 1 is 1.56 bits per heavy atom. The molecular formula is C11H17N3OS. The first-order valence-electron chi connectivity index (χ1n) is 5.31. The van der Waals surface area contributed by atoms with E-state index in [1.165, 1.54) is 0 Å². The van der Waals surface area contributed by atoms with E-state index in [0.717, 1.165) is 24.3 Å². The molecule has 0 aliphatic carbocycles. The second-order valence-corrected chi connectivity index (χ2v) is 3.89. The van der Waals surface area contributed by atoms with Gasteiger partial charge in [0.15, 0.2) is 0 Å². The first kappa shape index (κ1) is 12.9. The topological polar surface area (TPSA) is 62.4 Å². The van der Waals surface area contributed by atoms with Gasteiger partial charge in [-0.1, -0.05) is 19.1 Å². The van der Waals surface area contributed by atoms with Gasteiger partial charge in [-0.25, -0.2) is 4.98 Å². The number of rotatable bonds is 6. The summed E-state index contributed by atoms with van der Waals surface area (Å²) in [5.41, 5.74) is 6.41. The molecule has 0 radical (unpaired) electrons. The fourth-order valence-corrected chi connectivity index (χ4v) is 1.71. The summed E-state index contributed by atoms with van der Waals surface area (Å²) in [6, 6.07) is 3.66. The third-order valence-corrected chi connectivity index (χ3v) is 2.44. The lowest BCUT2D eigenvalue weighted by molar-refractivity contribution is 0.301. The van der Waals surface area contributed by atoms with Crippen LogP contribution in [0.25, 0.3) is 0 Å². The minimum absolute atomic E-state index is 0.0906. The predicted octanol–water partition coefficient (Wildman–Crippen LogP) is 0.925. The van der Waals surface area contributed by atoms with Gasteiger partial charge in [0.2, 0.25) is 0 Å². The molecule has 88 valence electrons. The number of aromatic nitrogens is 1. The highest BCUT2D eigenvalue weighted by Crippen LogP contribution is 2.16. The average Bonchev–Trinajstić information content (AvgIpc) is 2.29. The molecular weight excluding hydrogens is 222 g/mol. The number of nitrogens with two attached hydrogens (primary N) is 1. The number of aliphatic hydroxyl groups is 1. The lowest BCUT2D eigenvalue weighted by Gasteiger charge is -2.24. The van der Waals surface area contributed by atoms with E-state index >= 15 is 0 Å². The SMILES string of the molecule is CCCN(CCO)c1ncccc1C(N)=S. The van der Waals surface area contributed by atoms with Crippen molar-refractivity contribution in [3.05, 3.63) is 23.9 Å². The third-order valence-electron chi connectivity index (χ3n) is 2.22. The Labute approximate surface area is 101 Å². The number of nitrogens with zero attached hydrogens (tertiary/aromatic N) is 2. The predicted molar refractivity (Wildman–Crippen MR) is 69.7 cm³/mol. The van der Waals surface area contributed by atoms with E-state index in [0.29, 0.717) is 11.5 Å². The van der Waals surface area contributed by atoms with Crippen LogP contribution in [0.5, 0.6) is 0 Å². The van der Waals surface area contributed by atoms with Gasteiger partial charge in [0, 0.05) is 19.3 Å². The maximum Gasteiger partial charge on any atom is 0.138 e. The van der Waals surface area contributed by atoms with Crippen molar-refractivity contribution in [1.82, 2.24) is 4.98 Å². The van der Waals surface area contributed by atoms with Gasteiger partial charge in [-0.05, 0) is 18.6 Å². The van der Waals surface area contributed by atoms with Crippen LogP contribution in [-0.4, -0.2) is 34.8 Å². The van der Waals surface area contributed by atoms with Crippen molar-refractivity contribution in [2.75, 3.05) is 24.6 Å². The van der Waals surface area contributed by atoms with Crippen molar-refractivity contribution in [3.63, 3.8) is 0 Å². The van der Waals surface area contributed by atoms with Gasteiger partial charge in [0.25, 0.3) is 0 Å². The van der Waals surface area contributed by atoms with Gasteiger partial charge < -0.3 is 15.7 Å². The summed E-state index contributed by atoms with van der Waals surface area (Å²) in [5.74, 6) is 0.755. The van der Waals surface area contributed by atoms with Gasteiger partial charge >= 0.3 is 0 Å². The zero-order valence-corrected chi connectivity index (χ0v) is 10.2. The van der Waals surface area contributed by atoms with Gasteiger partial charge in [0.1, 0.15) is 10.8 Å². The molecule has 3 N–H and O–H groups in total. The molecule has 1 aromatic heterocycles. The molecule has 5 heteroatoms. The Hall–Kier alpha value is -1.20. The minimum atomic E-state index is 0.0906. The Morgan fingerprint density at radius 2 is 2.31 bits per heavy atom. The molecule has 1 rings (SSSR count). The lowest BCUT2D eigenvalue weighted by atomic mass is 10.2. The van der Waals surface area contributed by atoms with Crippen molar-refractivity contribution in [1.29, 1.82) is 0 Å². The standard InChI is InChI=1S/C11H17N3OS/c1-2-6-14(7-8-15)11-9(10(12)16)4-3-5-13-11/h3-5,15H,2,6-8H2,1H3,(H2,12,16). The number of hydrogen-bond acceptors (Lipinski definition) is 4. The van der Waals surface area contributed by atoms with E-state index in [-0.39, 0.29) is 6.61 Å². The van der Waals surface area contributed by atoms with Gasteiger partial charge in [-0.15, -0.1) is 0 Å². The van der Waals surface area contributed by atoms with E-state index in [4.69, 9.17) is 23.1 Å². The molecule has 0 fully saturated rings. The molecule has 0 spiro atoms. The molecule has 0 saturated heterocycles. The summed E-state index contributed by atoms with van der Waals surface area (Å²) in [7, 11) is 0. The van der Waals surface area contributed by atoms with Crippen LogP contribution in [0.3, 0.4) is 0 Å². The van der Waals surface area contributed by atoms with Crippen LogP contribution < -0.4 is 10.6 Å². The van der Waals surface area contributed by atoms with E-state index in [9.17, 15) is 0 Å². The van der Waals surface area contributed by atoms with Crippen molar-refractivity contribution < 1.29 is 5.11 Å². The molecule has 0 aliphatic heterocycles. The molecule has 0 bridgehead atoms. The van der Waals surface area contributed by atoms with E-state index in [1.807, 2.05) is 11.0 Å². The fraction of sp³-hybridized carbons (Fsp3) is 0.455. The van der Waals surface area contributed by atoms with E-state index < -0.39 is 0 Å². The van der Waals surface area contributed by atoms with Crippen molar-refractivity contribution in [3.8, 4) is 0 Å². The highest BCUT2D eigenvalue weighted by molar-refractivity contribution is 7.80. The van der Waals surface area contributed by atoms with Crippen LogP contribution in [0, 0.1) is 0 Å². The Balaban J connectivity index is 3.02. The van der Waals surface area contributed by atoms with Crippen LogP contribution in [0.2, 0.25) is 0 Å². The molecule has 1 heterocycles. The fourth-order valence-electron chi connectivity index (χ4n) is 1.56. The van der Waals surface area contributed by atoms with E-state index in [1.54, 1.807) is 12.3 Å². The summed E-state index contributed by atoms with van der Waals surface area (Å²) < 4.78 is 0. The monoisotopic (exact) mass is 239 g/mol. The Bertz CT molecular complexity index is 351. The molecule has 0 atom stereocenters. The highest BCUT2D eigenvalue weighted by Gasteiger charge is 2.12. The molecule has 0 aliphatic rings. The molecule has 0 amide bonds. The third kappa shape index (κ3) is 3.15. The number of hydrogen-bond donors (Lipinski definition) is 2. The number of thiocarbonyl (C=S) groups is 1. The number of pyridine rings is 1. The highest BCUT2D eigenvalue weighted by atomic mass is 32.1. The molecule has 0 saturated carbocycles. The summed E-state index contributed by atoms with van der Waals surface area (Å²) in [4.78, 5) is 6.61. The quantitative estimate of drug-likeness (QED) is 0.723. The van der Waals surface area contributed by atoms with Crippen LogP contribution >= 0.6 is 12.2 Å². The normalized spacial score (nSPS) is 10.1. The van der Waals surface area contributed by atoms with Crippen molar-refractivity contribution in [2.24, 2.45) is 5.73 Å². The lowest BCUT2D eigenvalue weighted by Crippen LogP contribution is -2.30. The van der Waals surface area contributed by atoms with Crippen LogP contribution in [0.4, 0.5) is 5.82 Å². The smallest absolute Gasteiger partial charge is 0.138 e. The second kappa shape index (κ2) is 6.40. The van der Waals surface area contributed by atoms with Crippen LogP contribution in [0.1, 0.15) is 18.9 Å². The summed E-state index contributed by atoms with van der Waals surface area (Å²) in [5, 5.41) is 9.02. The molecule has 0 aromatic carbocycles. The maximum absolute atomic E-state index is 9.02. The van der Waals surface area contributed by atoms with Crippen molar-refractivity contribution >= 4 is 23.0 Å². The van der Waals surface area contributed by atoms with Gasteiger partial charge in [-0.3, -0.25) is 0 Å². The largest absolute Gasteiger partial charge is 0.395 e. The molecule has 4 nitrogen and oxygen atoms in total. The molecule has 1 aromatic rings. The first-order valence-corrected chi connectivity index (χ1v) is 5.72. The number of aliphatic hydroxyl groups excluding tert-OH is 1. The number of anilines is 1. The zero-order chi connectivity index (χ0) is 12.0. The van der Waals surface area contributed by atoms with Crippen LogP contribution in [-0.2, 0) is 0 Å². The maximum atomic E-state index is 9.02. The summed E-state index contributed by atoms with van der Waals surface area (Å²) >= 11 is 4.99. The van der Waals surface area contributed by atoms with Gasteiger partial charge in [-0.2, -0.15) is 0 Å². The summed E-state index contributed by atoms with van der Waals surface area (Å²) in [6.07, 6.45) is 2.69. The molecule has 16 heavy (non-hydrogen) atoms. The Kier molecular flexibility index (Phi) is 5.14. The van der Waals surface area contributed by atoms with E-state index in [2.05, 4.69) is 11.9 Å². The first-order chi connectivity index (χ1) is 7.70. The summed E-state index contributed by atoms with van der Waals surface area (Å²) in [6.45, 7) is 3.54. The van der Waals surface area contributed by atoms with Gasteiger partial charge in [0.05, 0.1) is 12.2 Å². The minimum Gasteiger partial charge on any atom is -0.395 e. The van der Waals surface area contributed by atoms with Crippen LogP contribution in [0.15, 0.2) is 18.3 Å². The average molecular weight is 239 g/mol.